The van der Waals surface area contributed by atoms with Crippen molar-refractivity contribution in [2.45, 2.75) is 45.9 Å². The first-order chi connectivity index (χ1) is 14.2. The predicted octanol–water partition coefficient (Wildman–Crippen LogP) is 3.42. The van der Waals surface area contributed by atoms with Gasteiger partial charge in [0.05, 0.1) is 18.5 Å². The van der Waals surface area contributed by atoms with Crippen LogP contribution in [0, 0.1) is 0 Å². The number of carbonyl (C=O) groups excluding carboxylic acids is 2. The van der Waals surface area contributed by atoms with E-state index in [0.717, 1.165) is 30.1 Å². The first-order valence-corrected chi connectivity index (χ1v) is 10.6. The molecule has 0 bridgehead atoms. The van der Waals surface area contributed by atoms with E-state index in [1.165, 1.54) is 18.4 Å². The highest BCUT2D eigenvalue weighted by Gasteiger charge is 2.23. The second kappa shape index (κ2) is 9.01. The topological polar surface area (TPSA) is 92.8 Å². The number of hydrogen-bond donors (Lipinski definition) is 2. The van der Waals surface area contributed by atoms with Gasteiger partial charge in [-0.1, -0.05) is 12.1 Å². The van der Waals surface area contributed by atoms with Crippen LogP contribution in [0.1, 0.15) is 46.7 Å². The maximum absolute atomic E-state index is 12.9. The number of fused-ring (bicyclic) bond motifs is 1. The van der Waals surface area contributed by atoms with Crippen LogP contribution in [0.2, 0.25) is 0 Å². The van der Waals surface area contributed by atoms with Gasteiger partial charge in [0.1, 0.15) is 11.4 Å². The zero-order valence-electron chi connectivity index (χ0n) is 18.0. The Morgan fingerprint density at radius 3 is 2.77 bits per heavy atom. The number of amides is 2. The number of rotatable bonds is 5. The Labute approximate surface area is 180 Å². The lowest BCUT2D eigenvalue weighted by atomic mass is 10.1. The van der Waals surface area contributed by atoms with Crippen molar-refractivity contribution in [1.29, 1.82) is 0 Å². The van der Waals surface area contributed by atoms with Crippen LogP contribution in [-0.4, -0.2) is 48.2 Å². The predicted molar refractivity (Wildman–Crippen MR) is 116 cm³/mol. The number of thiazole rings is 1. The Morgan fingerprint density at radius 1 is 1.30 bits per heavy atom. The van der Waals surface area contributed by atoms with E-state index in [1.54, 1.807) is 32.9 Å². The summed E-state index contributed by atoms with van der Waals surface area (Å²) in [5, 5.41) is 6.06. The second-order valence-corrected chi connectivity index (χ2v) is 9.26. The summed E-state index contributed by atoms with van der Waals surface area (Å²) < 4.78 is 10.7. The standard InChI is InChI=1S/C21H28N4O4S/c1-21(2,3)29-20(27)22-11-13-7-6-8-15(28-5)17(13)24-18(26)19-23-14-9-10-25(4)12-16(14)30-19/h6-8H,9-12H2,1-5H3,(H,22,27)(H,24,26). The van der Waals surface area contributed by atoms with Gasteiger partial charge in [-0.05, 0) is 39.4 Å². The number of likely N-dealkylation sites (N-methyl/N-ethyl adjacent to an activating group) is 1. The van der Waals surface area contributed by atoms with Crippen LogP contribution in [0.4, 0.5) is 10.5 Å². The quantitative estimate of drug-likeness (QED) is 0.752. The molecule has 0 aliphatic carbocycles. The first kappa shape index (κ1) is 22.0. The number of alkyl carbamates (subject to hydrolysis) is 1. The van der Waals surface area contributed by atoms with Crippen LogP contribution in [0.5, 0.6) is 5.75 Å². The number of nitrogens with one attached hydrogen (secondary N) is 2. The minimum Gasteiger partial charge on any atom is -0.495 e. The van der Waals surface area contributed by atoms with Gasteiger partial charge in [0.2, 0.25) is 0 Å². The van der Waals surface area contributed by atoms with Crippen LogP contribution in [0.15, 0.2) is 18.2 Å². The summed E-state index contributed by atoms with van der Waals surface area (Å²) in [4.78, 5) is 32.8. The monoisotopic (exact) mass is 432 g/mol. The van der Waals surface area contributed by atoms with Gasteiger partial charge in [0, 0.05) is 30.9 Å². The van der Waals surface area contributed by atoms with Gasteiger partial charge in [-0.15, -0.1) is 11.3 Å². The number of aromatic nitrogens is 1. The number of anilines is 1. The molecule has 0 radical (unpaired) electrons. The van der Waals surface area contributed by atoms with Crippen molar-refractivity contribution in [3.8, 4) is 5.75 Å². The summed E-state index contributed by atoms with van der Waals surface area (Å²) in [5.41, 5.74) is 1.61. The fourth-order valence-electron chi connectivity index (χ4n) is 3.10. The van der Waals surface area contributed by atoms with Crippen LogP contribution >= 0.6 is 11.3 Å². The summed E-state index contributed by atoms with van der Waals surface area (Å²) in [7, 11) is 3.59. The third-order valence-electron chi connectivity index (χ3n) is 4.51. The van der Waals surface area contributed by atoms with Crippen molar-refractivity contribution in [3.63, 3.8) is 0 Å². The summed E-state index contributed by atoms with van der Waals surface area (Å²) in [5.74, 6) is 0.216. The number of ether oxygens (including phenoxy) is 2. The largest absolute Gasteiger partial charge is 0.495 e. The lowest BCUT2D eigenvalue weighted by Crippen LogP contribution is -2.32. The first-order valence-electron chi connectivity index (χ1n) is 9.77. The van der Waals surface area contributed by atoms with Gasteiger partial charge in [-0.25, -0.2) is 9.78 Å². The van der Waals surface area contributed by atoms with Gasteiger partial charge in [-0.3, -0.25) is 4.79 Å². The van der Waals surface area contributed by atoms with E-state index in [9.17, 15) is 9.59 Å². The highest BCUT2D eigenvalue weighted by Crippen LogP contribution is 2.30. The van der Waals surface area contributed by atoms with Crippen molar-refractivity contribution >= 4 is 29.0 Å². The van der Waals surface area contributed by atoms with Gasteiger partial charge in [0.25, 0.3) is 5.91 Å². The fraction of sp³-hybridized carbons (Fsp3) is 0.476. The summed E-state index contributed by atoms with van der Waals surface area (Å²) in [6.07, 6.45) is 0.314. The molecular formula is C21H28N4O4S. The molecule has 3 rings (SSSR count). The third-order valence-corrected chi connectivity index (χ3v) is 5.59. The van der Waals surface area contributed by atoms with E-state index in [4.69, 9.17) is 9.47 Å². The molecular weight excluding hydrogens is 404 g/mol. The maximum atomic E-state index is 12.9. The zero-order valence-corrected chi connectivity index (χ0v) is 18.8. The number of para-hydroxylation sites is 1. The van der Waals surface area contributed by atoms with Crippen molar-refractivity contribution < 1.29 is 19.1 Å². The van der Waals surface area contributed by atoms with Crippen molar-refractivity contribution in [2.75, 3.05) is 26.0 Å². The molecule has 2 heterocycles. The Hall–Kier alpha value is -2.65. The molecule has 2 aromatic rings. The number of carbonyl (C=O) groups is 2. The molecule has 0 fully saturated rings. The molecule has 30 heavy (non-hydrogen) atoms. The molecule has 0 unspecified atom stereocenters. The highest BCUT2D eigenvalue weighted by molar-refractivity contribution is 7.13. The van der Waals surface area contributed by atoms with E-state index in [-0.39, 0.29) is 12.5 Å². The molecule has 8 nitrogen and oxygen atoms in total. The highest BCUT2D eigenvalue weighted by atomic mass is 32.1. The van der Waals surface area contributed by atoms with Crippen molar-refractivity contribution in [1.82, 2.24) is 15.2 Å². The molecule has 1 aromatic heterocycles. The van der Waals surface area contributed by atoms with E-state index >= 15 is 0 Å². The number of methoxy groups -OCH3 is 1. The Morgan fingerprint density at radius 2 is 2.07 bits per heavy atom. The van der Waals surface area contributed by atoms with Crippen LogP contribution < -0.4 is 15.4 Å². The number of hydrogen-bond acceptors (Lipinski definition) is 7. The molecule has 2 amide bonds. The molecule has 2 N–H and O–H groups in total. The SMILES string of the molecule is COc1cccc(CNC(=O)OC(C)(C)C)c1NC(=O)c1nc2c(s1)CN(C)CC2. The lowest BCUT2D eigenvalue weighted by molar-refractivity contribution is 0.0523. The van der Waals surface area contributed by atoms with Crippen molar-refractivity contribution in [3.05, 3.63) is 39.3 Å². The van der Waals surface area contributed by atoms with Gasteiger partial charge in [0.15, 0.2) is 5.01 Å². The molecule has 0 spiro atoms. The van der Waals surface area contributed by atoms with E-state index in [0.29, 0.717) is 22.0 Å². The van der Waals surface area contributed by atoms with Crippen LogP contribution in [-0.2, 0) is 24.2 Å². The fourth-order valence-corrected chi connectivity index (χ4v) is 4.19. The Kier molecular flexibility index (Phi) is 6.62. The second-order valence-electron chi connectivity index (χ2n) is 8.18. The van der Waals surface area contributed by atoms with E-state index < -0.39 is 11.7 Å². The smallest absolute Gasteiger partial charge is 0.407 e. The third kappa shape index (κ3) is 5.48. The zero-order chi connectivity index (χ0) is 21.9. The minimum absolute atomic E-state index is 0.181. The number of benzene rings is 1. The summed E-state index contributed by atoms with van der Waals surface area (Å²) >= 11 is 1.41. The van der Waals surface area contributed by atoms with E-state index in [2.05, 4.69) is 27.6 Å². The number of nitrogens with zero attached hydrogens (tertiary/aromatic N) is 2. The molecule has 0 saturated heterocycles. The molecule has 1 aliphatic heterocycles. The summed E-state index contributed by atoms with van der Waals surface area (Å²) in [6.45, 7) is 7.32. The average Bonchev–Trinajstić information content (AvgIpc) is 3.09. The van der Waals surface area contributed by atoms with Gasteiger partial charge in [-0.2, -0.15) is 0 Å². The molecule has 1 aliphatic rings. The van der Waals surface area contributed by atoms with Crippen LogP contribution in [0.3, 0.4) is 0 Å². The average molecular weight is 433 g/mol. The van der Waals surface area contributed by atoms with Gasteiger partial charge >= 0.3 is 6.09 Å². The molecule has 0 atom stereocenters. The van der Waals surface area contributed by atoms with Crippen LogP contribution in [0.25, 0.3) is 0 Å². The summed E-state index contributed by atoms with van der Waals surface area (Å²) in [6, 6.07) is 5.38. The maximum Gasteiger partial charge on any atom is 0.407 e. The molecule has 1 aromatic carbocycles. The molecule has 162 valence electrons. The van der Waals surface area contributed by atoms with Gasteiger partial charge < -0.3 is 25.0 Å². The van der Waals surface area contributed by atoms with Crippen molar-refractivity contribution in [2.24, 2.45) is 0 Å². The molecule has 0 saturated carbocycles. The Balaban J connectivity index is 1.76. The van der Waals surface area contributed by atoms with E-state index in [1.807, 2.05) is 6.07 Å². The lowest BCUT2D eigenvalue weighted by Gasteiger charge is -2.20. The Bertz CT molecular complexity index is 936. The minimum atomic E-state index is -0.590. The molecule has 9 heteroatoms. The normalized spacial score (nSPS) is 14.0.